The maximum absolute atomic E-state index is 13.0. The van der Waals surface area contributed by atoms with Gasteiger partial charge in [0.1, 0.15) is 0 Å². The number of fused-ring (bicyclic) bond motifs is 1. The molecule has 6 nitrogen and oxygen atoms in total. The predicted molar refractivity (Wildman–Crippen MR) is 167 cm³/mol. The third-order valence-electron chi connectivity index (χ3n) is 8.45. The molecule has 0 radical (unpaired) electrons. The highest BCUT2D eigenvalue weighted by Gasteiger charge is 2.30. The van der Waals surface area contributed by atoms with Crippen LogP contribution in [-0.4, -0.2) is 21.0 Å². The van der Waals surface area contributed by atoms with Gasteiger partial charge in [-0.15, -0.1) is 0 Å². The molecule has 0 fully saturated rings. The maximum atomic E-state index is 13.0. The lowest BCUT2D eigenvalue weighted by Gasteiger charge is -2.31. The summed E-state index contributed by atoms with van der Waals surface area (Å²) in [5.74, 6) is -0.154. The van der Waals surface area contributed by atoms with Gasteiger partial charge in [0, 0.05) is 48.2 Å². The largest absolute Gasteiger partial charge is 0.392 e. The Balaban J connectivity index is 1.32. The highest BCUT2D eigenvalue weighted by molar-refractivity contribution is 6.30. The second-order valence-corrected chi connectivity index (χ2v) is 11.7. The maximum Gasteiger partial charge on any atom is 0.227 e. The summed E-state index contributed by atoms with van der Waals surface area (Å²) in [7, 11) is 0. The summed E-state index contributed by atoms with van der Waals surface area (Å²) in [6, 6.07) is 21.7. The smallest absolute Gasteiger partial charge is 0.227 e. The topological polar surface area (TPSA) is 101 Å². The van der Waals surface area contributed by atoms with Crippen LogP contribution in [0.15, 0.2) is 72.9 Å². The molecule has 1 unspecified atom stereocenters. The normalized spacial score (nSPS) is 16.0. The minimum Gasteiger partial charge on any atom is -0.392 e. The van der Waals surface area contributed by atoms with Gasteiger partial charge >= 0.3 is 0 Å². The first-order valence-electron chi connectivity index (χ1n) is 14.8. The van der Waals surface area contributed by atoms with Crippen LogP contribution >= 0.6 is 11.6 Å². The SMILES string of the molecule is CCC(C(=O)NCc1ccc([C@@H](N)[C@@H]2CCCc3ccc(Cc4ncc(Cl)cc4C)nc32)c(CO)c1)c1ccccc1. The summed E-state index contributed by atoms with van der Waals surface area (Å²) in [5.41, 5.74) is 15.8. The van der Waals surface area contributed by atoms with Gasteiger partial charge in [-0.25, -0.2) is 0 Å². The fourth-order valence-electron chi connectivity index (χ4n) is 6.12. The van der Waals surface area contributed by atoms with Crippen LogP contribution in [0.1, 0.15) is 94.5 Å². The molecule has 0 saturated heterocycles. The summed E-state index contributed by atoms with van der Waals surface area (Å²) < 4.78 is 0. The fourth-order valence-corrected chi connectivity index (χ4v) is 6.33. The van der Waals surface area contributed by atoms with Crippen LogP contribution in [0.4, 0.5) is 0 Å². The molecule has 1 amide bonds. The van der Waals surface area contributed by atoms with E-state index in [1.165, 1.54) is 5.56 Å². The van der Waals surface area contributed by atoms with Crippen molar-refractivity contribution in [2.75, 3.05) is 0 Å². The lowest BCUT2D eigenvalue weighted by atomic mass is 9.78. The van der Waals surface area contributed by atoms with E-state index in [-0.39, 0.29) is 30.4 Å². The number of carbonyl (C=O) groups excluding carboxylic acids is 1. The van der Waals surface area contributed by atoms with Gasteiger partial charge < -0.3 is 16.2 Å². The number of rotatable bonds is 10. The van der Waals surface area contributed by atoms with Gasteiger partial charge in [-0.2, -0.15) is 0 Å². The zero-order valence-corrected chi connectivity index (χ0v) is 25.1. The highest BCUT2D eigenvalue weighted by atomic mass is 35.5. The van der Waals surface area contributed by atoms with E-state index in [4.69, 9.17) is 22.3 Å². The molecule has 4 aromatic rings. The van der Waals surface area contributed by atoms with Crippen LogP contribution < -0.4 is 11.1 Å². The van der Waals surface area contributed by atoms with Crippen LogP contribution in [0.5, 0.6) is 0 Å². The molecular formula is C35H39ClN4O2. The van der Waals surface area contributed by atoms with Crippen LogP contribution in [0.2, 0.25) is 5.02 Å². The van der Waals surface area contributed by atoms with Crippen molar-refractivity contribution >= 4 is 17.5 Å². The van der Waals surface area contributed by atoms with Gasteiger partial charge in [-0.05, 0) is 78.1 Å². The molecule has 2 heterocycles. The number of carbonyl (C=O) groups is 1. The molecule has 0 saturated carbocycles. The van der Waals surface area contributed by atoms with Gasteiger partial charge in [0.05, 0.1) is 17.5 Å². The van der Waals surface area contributed by atoms with E-state index in [2.05, 4.69) is 22.4 Å². The van der Waals surface area contributed by atoms with Gasteiger partial charge in [0.2, 0.25) is 5.91 Å². The molecular weight excluding hydrogens is 544 g/mol. The third kappa shape index (κ3) is 6.73. The Bertz CT molecular complexity index is 1540. The molecule has 42 heavy (non-hydrogen) atoms. The van der Waals surface area contributed by atoms with Gasteiger partial charge in [-0.1, -0.05) is 73.1 Å². The molecule has 0 bridgehead atoms. The second kappa shape index (κ2) is 13.6. The Labute approximate surface area is 253 Å². The zero-order valence-electron chi connectivity index (χ0n) is 24.3. The van der Waals surface area contributed by atoms with Crippen LogP contribution in [-0.2, 0) is 30.8 Å². The Morgan fingerprint density at radius 1 is 1.14 bits per heavy atom. The van der Waals surface area contributed by atoms with E-state index >= 15 is 0 Å². The molecule has 1 aliphatic carbocycles. The molecule has 7 heteroatoms. The summed E-state index contributed by atoms with van der Waals surface area (Å²) in [6.45, 7) is 4.30. The highest BCUT2D eigenvalue weighted by Crippen LogP contribution is 2.39. The number of hydrogen-bond acceptors (Lipinski definition) is 5. The molecule has 3 atom stereocenters. The van der Waals surface area contributed by atoms with Crippen molar-refractivity contribution in [2.24, 2.45) is 5.73 Å². The van der Waals surface area contributed by atoms with Gasteiger partial charge in [0.15, 0.2) is 0 Å². The van der Waals surface area contributed by atoms with Crippen LogP contribution in [0.25, 0.3) is 0 Å². The monoisotopic (exact) mass is 582 g/mol. The van der Waals surface area contributed by atoms with E-state index in [1.54, 1.807) is 6.20 Å². The Morgan fingerprint density at radius 2 is 1.95 bits per heavy atom. The molecule has 1 aliphatic rings. The predicted octanol–water partition coefficient (Wildman–Crippen LogP) is 6.45. The quantitative estimate of drug-likeness (QED) is 0.199. The molecule has 5 rings (SSSR count). The van der Waals surface area contributed by atoms with Crippen molar-refractivity contribution in [3.63, 3.8) is 0 Å². The van der Waals surface area contributed by atoms with E-state index in [1.807, 2.05) is 68.4 Å². The van der Waals surface area contributed by atoms with Crippen LogP contribution in [0, 0.1) is 6.92 Å². The first kappa shape index (κ1) is 29.9. The third-order valence-corrected chi connectivity index (χ3v) is 8.65. The average molecular weight is 583 g/mol. The summed E-state index contributed by atoms with van der Waals surface area (Å²) in [5, 5.41) is 14.0. The summed E-state index contributed by atoms with van der Waals surface area (Å²) >= 11 is 6.11. The second-order valence-electron chi connectivity index (χ2n) is 11.2. The fraction of sp³-hybridized carbons (Fsp3) is 0.343. The Morgan fingerprint density at radius 3 is 2.69 bits per heavy atom. The van der Waals surface area contributed by atoms with Crippen molar-refractivity contribution in [2.45, 2.75) is 77.0 Å². The van der Waals surface area contributed by atoms with E-state index in [0.717, 1.165) is 70.6 Å². The number of hydrogen-bond donors (Lipinski definition) is 3. The molecule has 2 aromatic heterocycles. The number of aromatic nitrogens is 2. The van der Waals surface area contributed by atoms with Crippen LogP contribution in [0.3, 0.4) is 0 Å². The summed E-state index contributed by atoms with van der Waals surface area (Å²) in [4.78, 5) is 22.6. The van der Waals surface area contributed by atoms with Crippen molar-refractivity contribution in [3.05, 3.63) is 128 Å². The number of amides is 1. The van der Waals surface area contributed by atoms with Crippen molar-refractivity contribution in [1.29, 1.82) is 0 Å². The number of nitrogens with one attached hydrogen (secondary N) is 1. The minimum absolute atomic E-state index is 0.000267. The Hall–Kier alpha value is -3.58. The lowest BCUT2D eigenvalue weighted by Crippen LogP contribution is -2.29. The van der Waals surface area contributed by atoms with E-state index in [9.17, 15) is 9.90 Å². The number of aliphatic hydroxyl groups is 1. The molecule has 218 valence electrons. The first-order chi connectivity index (χ1) is 20.4. The number of pyridine rings is 2. The van der Waals surface area contributed by atoms with Crippen molar-refractivity contribution < 1.29 is 9.90 Å². The van der Waals surface area contributed by atoms with E-state index < -0.39 is 0 Å². The summed E-state index contributed by atoms with van der Waals surface area (Å²) in [6.07, 6.45) is 5.99. The molecule has 0 aliphatic heterocycles. The van der Waals surface area contributed by atoms with Crippen molar-refractivity contribution in [1.82, 2.24) is 15.3 Å². The molecule has 0 spiro atoms. The number of aryl methyl sites for hydroxylation is 2. The van der Waals surface area contributed by atoms with Crippen molar-refractivity contribution in [3.8, 4) is 0 Å². The lowest BCUT2D eigenvalue weighted by molar-refractivity contribution is -0.122. The number of halogens is 1. The number of nitrogens with two attached hydrogens (primary N) is 1. The number of nitrogens with zero attached hydrogens (tertiary/aromatic N) is 2. The van der Waals surface area contributed by atoms with E-state index in [0.29, 0.717) is 18.0 Å². The number of benzene rings is 2. The number of aliphatic hydroxyl groups excluding tert-OH is 1. The Kier molecular flexibility index (Phi) is 9.68. The average Bonchev–Trinajstić information content (AvgIpc) is 3.01. The molecule has 4 N–H and O–H groups in total. The van der Waals surface area contributed by atoms with Gasteiger partial charge in [-0.3, -0.25) is 14.8 Å². The van der Waals surface area contributed by atoms with Gasteiger partial charge in [0.25, 0.3) is 0 Å². The minimum atomic E-state index is -0.310. The zero-order chi connectivity index (χ0) is 29.6. The molecule has 2 aromatic carbocycles. The standard InChI is InChI=1S/C35H39ClN4O2/c1-3-29(24-8-5-4-6-9-24)35(42)39-19-23-12-15-30(26(17-23)21-41)33(37)31-11-7-10-25-13-14-28(40-34(25)31)18-32-22(2)16-27(36)20-38-32/h4-6,8-9,12-17,20,29,31,33,41H,3,7,10-11,18-19,21,37H2,1-2H3,(H,39,42)/t29?,31-,33+/m0/s1. The first-order valence-corrected chi connectivity index (χ1v) is 15.2.